The Kier molecular flexibility index (Phi) is 3.45. The SMILES string of the molecule is NCCc1nc(-c2ccc3c(c2)NC(=O)CO3)c(Br)[nH]1. The molecule has 0 unspecified atom stereocenters. The van der Waals surface area contributed by atoms with Crippen molar-refractivity contribution < 1.29 is 9.53 Å². The molecule has 1 aromatic carbocycles. The molecule has 0 bridgehead atoms. The van der Waals surface area contributed by atoms with Crippen LogP contribution in [0.3, 0.4) is 0 Å². The number of imidazole rings is 1. The molecule has 20 heavy (non-hydrogen) atoms. The molecule has 1 aromatic heterocycles. The molecule has 1 aliphatic heterocycles. The standard InChI is InChI=1S/C13H13BrN4O2/c14-13-12(17-10(18-13)3-4-15)7-1-2-9-8(5-7)16-11(19)6-20-9/h1-2,5H,3-4,6,15H2,(H,16,19)(H,17,18). The van der Waals surface area contributed by atoms with Crippen molar-refractivity contribution in [1.29, 1.82) is 0 Å². The first-order valence-electron chi connectivity index (χ1n) is 6.19. The van der Waals surface area contributed by atoms with Crippen molar-refractivity contribution in [3.8, 4) is 17.0 Å². The molecule has 1 amide bonds. The summed E-state index contributed by atoms with van der Waals surface area (Å²) in [6, 6.07) is 5.58. The minimum atomic E-state index is -0.153. The van der Waals surface area contributed by atoms with Crippen LogP contribution in [0.4, 0.5) is 5.69 Å². The maximum absolute atomic E-state index is 11.3. The van der Waals surface area contributed by atoms with E-state index >= 15 is 0 Å². The van der Waals surface area contributed by atoms with Gasteiger partial charge in [0.25, 0.3) is 5.91 Å². The molecule has 0 saturated carbocycles. The number of ether oxygens (including phenoxy) is 1. The number of H-pyrrole nitrogens is 1. The van der Waals surface area contributed by atoms with Gasteiger partial charge in [-0.05, 0) is 40.7 Å². The first-order valence-corrected chi connectivity index (χ1v) is 6.98. The number of halogens is 1. The number of benzene rings is 1. The van der Waals surface area contributed by atoms with E-state index < -0.39 is 0 Å². The molecule has 0 aliphatic carbocycles. The minimum absolute atomic E-state index is 0.0547. The van der Waals surface area contributed by atoms with Gasteiger partial charge in [0.15, 0.2) is 6.61 Å². The summed E-state index contributed by atoms with van der Waals surface area (Å²) in [4.78, 5) is 19.0. The van der Waals surface area contributed by atoms with Crippen LogP contribution in [0.1, 0.15) is 5.82 Å². The van der Waals surface area contributed by atoms with E-state index in [9.17, 15) is 4.79 Å². The molecule has 0 spiro atoms. The fraction of sp³-hybridized carbons (Fsp3) is 0.231. The minimum Gasteiger partial charge on any atom is -0.482 e. The second-order valence-corrected chi connectivity index (χ2v) is 5.23. The van der Waals surface area contributed by atoms with Gasteiger partial charge in [-0.15, -0.1) is 0 Å². The number of aromatic amines is 1. The number of fused-ring (bicyclic) bond motifs is 1. The zero-order valence-electron chi connectivity index (χ0n) is 10.6. The smallest absolute Gasteiger partial charge is 0.262 e. The van der Waals surface area contributed by atoms with Gasteiger partial charge >= 0.3 is 0 Å². The second-order valence-electron chi connectivity index (χ2n) is 4.43. The summed E-state index contributed by atoms with van der Waals surface area (Å²) in [6.07, 6.45) is 0.684. The Labute approximate surface area is 123 Å². The highest BCUT2D eigenvalue weighted by molar-refractivity contribution is 9.10. The largest absolute Gasteiger partial charge is 0.482 e. The van der Waals surface area contributed by atoms with E-state index in [1.165, 1.54) is 0 Å². The lowest BCUT2D eigenvalue weighted by Crippen LogP contribution is -2.25. The number of nitrogens with two attached hydrogens (primary N) is 1. The Morgan fingerprint density at radius 3 is 3.10 bits per heavy atom. The topological polar surface area (TPSA) is 93.0 Å². The van der Waals surface area contributed by atoms with Gasteiger partial charge in [-0.25, -0.2) is 4.98 Å². The fourth-order valence-electron chi connectivity index (χ4n) is 2.07. The number of nitrogens with zero attached hydrogens (tertiary/aromatic N) is 1. The van der Waals surface area contributed by atoms with E-state index in [2.05, 4.69) is 31.2 Å². The van der Waals surface area contributed by atoms with Gasteiger partial charge in [0.2, 0.25) is 0 Å². The first-order chi connectivity index (χ1) is 9.67. The molecule has 7 heteroatoms. The van der Waals surface area contributed by atoms with Crippen molar-refractivity contribution in [2.45, 2.75) is 6.42 Å². The van der Waals surface area contributed by atoms with Crippen molar-refractivity contribution in [2.24, 2.45) is 5.73 Å². The summed E-state index contributed by atoms with van der Waals surface area (Å²) in [5.41, 5.74) is 7.86. The Hall–Kier alpha value is -1.86. The number of hydrogen-bond donors (Lipinski definition) is 3. The molecule has 1 aliphatic rings. The molecule has 104 valence electrons. The number of rotatable bonds is 3. The summed E-state index contributed by atoms with van der Waals surface area (Å²) < 4.78 is 6.13. The number of aromatic nitrogens is 2. The number of hydrogen-bond acceptors (Lipinski definition) is 4. The van der Waals surface area contributed by atoms with Gasteiger partial charge in [-0.2, -0.15) is 0 Å². The third kappa shape index (κ3) is 2.41. The van der Waals surface area contributed by atoms with E-state index in [0.717, 1.165) is 21.7 Å². The Bertz CT molecular complexity index is 668. The van der Waals surface area contributed by atoms with Crippen LogP contribution in [-0.4, -0.2) is 29.0 Å². The van der Waals surface area contributed by atoms with Crippen molar-refractivity contribution >= 4 is 27.5 Å². The van der Waals surface area contributed by atoms with Crippen LogP contribution in [0.2, 0.25) is 0 Å². The predicted molar refractivity (Wildman–Crippen MR) is 78.6 cm³/mol. The number of carbonyl (C=O) groups is 1. The van der Waals surface area contributed by atoms with E-state index in [-0.39, 0.29) is 12.5 Å². The van der Waals surface area contributed by atoms with Gasteiger partial charge in [0, 0.05) is 12.0 Å². The van der Waals surface area contributed by atoms with Crippen LogP contribution >= 0.6 is 15.9 Å². The van der Waals surface area contributed by atoms with E-state index in [1.54, 1.807) is 0 Å². The highest BCUT2D eigenvalue weighted by atomic mass is 79.9. The third-order valence-electron chi connectivity index (χ3n) is 2.98. The molecule has 0 saturated heterocycles. The zero-order valence-corrected chi connectivity index (χ0v) is 12.2. The van der Waals surface area contributed by atoms with Crippen molar-refractivity contribution in [2.75, 3.05) is 18.5 Å². The van der Waals surface area contributed by atoms with E-state index in [1.807, 2.05) is 18.2 Å². The molecule has 0 fully saturated rings. The van der Waals surface area contributed by atoms with Gasteiger partial charge in [-0.3, -0.25) is 4.79 Å². The van der Waals surface area contributed by atoms with E-state index in [0.29, 0.717) is 24.4 Å². The molecule has 6 nitrogen and oxygen atoms in total. The van der Waals surface area contributed by atoms with E-state index in [4.69, 9.17) is 10.5 Å². The quantitative estimate of drug-likeness (QED) is 0.794. The molecule has 2 heterocycles. The summed E-state index contributed by atoms with van der Waals surface area (Å²) in [5, 5.41) is 2.78. The summed E-state index contributed by atoms with van der Waals surface area (Å²) in [5.74, 6) is 1.34. The van der Waals surface area contributed by atoms with Gasteiger partial charge in [-0.1, -0.05) is 0 Å². The predicted octanol–water partition coefficient (Wildman–Crippen LogP) is 1.67. The number of nitrogens with one attached hydrogen (secondary N) is 2. The maximum atomic E-state index is 11.3. The number of anilines is 1. The number of amides is 1. The molecule has 2 aromatic rings. The van der Waals surface area contributed by atoms with Gasteiger partial charge in [0.1, 0.15) is 21.9 Å². The monoisotopic (exact) mass is 336 g/mol. The molecular weight excluding hydrogens is 324 g/mol. The second kappa shape index (κ2) is 5.26. The van der Waals surface area contributed by atoms with Crippen molar-refractivity contribution in [3.63, 3.8) is 0 Å². The molecule has 0 atom stereocenters. The van der Waals surface area contributed by atoms with Crippen LogP contribution in [0.25, 0.3) is 11.3 Å². The van der Waals surface area contributed by atoms with Crippen molar-refractivity contribution in [1.82, 2.24) is 9.97 Å². The van der Waals surface area contributed by atoms with Crippen LogP contribution < -0.4 is 15.8 Å². The normalized spacial score (nSPS) is 13.6. The molecule has 3 rings (SSSR count). The van der Waals surface area contributed by atoms with Crippen LogP contribution in [0.5, 0.6) is 5.75 Å². The van der Waals surface area contributed by atoms with Crippen LogP contribution in [0, 0.1) is 0 Å². The van der Waals surface area contributed by atoms with Crippen LogP contribution in [0.15, 0.2) is 22.8 Å². The Balaban J connectivity index is 1.98. The first kappa shape index (κ1) is 13.1. The average molecular weight is 337 g/mol. The highest BCUT2D eigenvalue weighted by Crippen LogP contribution is 2.34. The lowest BCUT2D eigenvalue weighted by molar-refractivity contribution is -0.118. The summed E-state index contributed by atoms with van der Waals surface area (Å²) >= 11 is 3.45. The molecular formula is C13H13BrN4O2. The number of carbonyl (C=O) groups excluding carboxylic acids is 1. The van der Waals surface area contributed by atoms with Crippen molar-refractivity contribution in [3.05, 3.63) is 28.6 Å². The molecule has 0 radical (unpaired) electrons. The average Bonchev–Trinajstić information content (AvgIpc) is 2.79. The third-order valence-corrected chi connectivity index (χ3v) is 3.55. The Morgan fingerprint density at radius 1 is 1.45 bits per heavy atom. The summed E-state index contributed by atoms with van der Waals surface area (Å²) in [6.45, 7) is 0.590. The maximum Gasteiger partial charge on any atom is 0.262 e. The van der Waals surface area contributed by atoms with Gasteiger partial charge in [0.05, 0.1) is 5.69 Å². The highest BCUT2D eigenvalue weighted by Gasteiger charge is 2.18. The lowest BCUT2D eigenvalue weighted by Gasteiger charge is -2.18. The summed E-state index contributed by atoms with van der Waals surface area (Å²) in [7, 11) is 0. The van der Waals surface area contributed by atoms with Gasteiger partial charge < -0.3 is 20.8 Å². The molecule has 4 N–H and O–H groups in total. The van der Waals surface area contributed by atoms with Crippen LogP contribution in [-0.2, 0) is 11.2 Å². The Morgan fingerprint density at radius 2 is 2.30 bits per heavy atom. The zero-order chi connectivity index (χ0) is 14.1. The lowest BCUT2D eigenvalue weighted by atomic mass is 10.1. The fourth-order valence-corrected chi connectivity index (χ4v) is 2.62.